The molecule has 1 aromatic rings. The number of amides is 2. The molecule has 2 aliphatic heterocycles. The van der Waals surface area contributed by atoms with Crippen LogP contribution in [0.25, 0.3) is 0 Å². The summed E-state index contributed by atoms with van der Waals surface area (Å²) in [4.78, 5) is 26.3. The Hall–Kier alpha value is -2.31. The summed E-state index contributed by atoms with van der Waals surface area (Å²) >= 11 is 0. The van der Waals surface area contributed by atoms with E-state index in [4.69, 9.17) is 4.74 Å². The van der Waals surface area contributed by atoms with Gasteiger partial charge < -0.3 is 15.0 Å². The van der Waals surface area contributed by atoms with Crippen LogP contribution in [0.1, 0.15) is 27.2 Å². The zero-order valence-electron chi connectivity index (χ0n) is 14.1. The second-order valence-corrected chi connectivity index (χ2v) is 6.90. The van der Waals surface area contributed by atoms with Crippen molar-refractivity contribution in [3.63, 3.8) is 0 Å². The first kappa shape index (κ1) is 16.5. The van der Waals surface area contributed by atoms with Crippen molar-refractivity contribution in [2.45, 2.75) is 38.8 Å². The Kier molecular flexibility index (Phi) is 4.11. The molecule has 2 fully saturated rings. The minimum Gasteiger partial charge on any atom is -0.442 e. The first-order valence-electron chi connectivity index (χ1n) is 8.08. The predicted octanol–water partition coefficient (Wildman–Crippen LogP) is 2.28. The topological polar surface area (TPSA) is 61.9 Å². The number of rotatable bonds is 4. The highest BCUT2D eigenvalue weighted by Gasteiger charge is 2.38. The Labute approximate surface area is 140 Å². The molecule has 3 rings (SSSR count). The number of benzene rings is 1. The van der Waals surface area contributed by atoms with E-state index in [0.717, 1.165) is 13.0 Å². The van der Waals surface area contributed by atoms with E-state index >= 15 is 0 Å². The molecule has 2 heterocycles. The number of anilines is 2. The van der Waals surface area contributed by atoms with Crippen LogP contribution in [0, 0.1) is 5.82 Å². The average Bonchev–Trinajstić information content (AvgIpc) is 2.87. The van der Waals surface area contributed by atoms with Crippen molar-refractivity contribution < 1.29 is 18.7 Å². The van der Waals surface area contributed by atoms with E-state index in [1.807, 2.05) is 4.90 Å². The van der Waals surface area contributed by atoms with Gasteiger partial charge in [-0.2, -0.15) is 0 Å². The highest BCUT2D eigenvalue weighted by atomic mass is 19.1. The van der Waals surface area contributed by atoms with Gasteiger partial charge in [0, 0.05) is 19.0 Å². The summed E-state index contributed by atoms with van der Waals surface area (Å²) in [5.74, 6) is -0.532. The first-order chi connectivity index (χ1) is 11.3. The first-order valence-corrected chi connectivity index (χ1v) is 8.08. The molecule has 0 radical (unpaired) electrons. The number of hydrogen-bond acceptors (Lipinski definition) is 4. The molecule has 2 aliphatic rings. The van der Waals surface area contributed by atoms with E-state index in [-0.39, 0.29) is 30.4 Å². The molecule has 7 heteroatoms. The van der Waals surface area contributed by atoms with E-state index in [9.17, 15) is 14.0 Å². The van der Waals surface area contributed by atoms with Crippen molar-refractivity contribution in [2.24, 2.45) is 0 Å². The molecule has 1 atom stereocenters. The molecule has 24 heavy (non-hydrogen) atoms. The second kappa shape index (κ2) is 5.96. The van der Waals surface area contributed by atoms with Gasteiger partial charge in [0.2, 0.25) is 5.91 Å². The van der Waals surface area contributed by atoms with Gasteiger partial charge >= 0.3 is 6.09 Å². The van der Waals surface area contributed by atoms with Crippen LogP contribution in [0.3, 0.4) is 0 Å². The largest absolute Gasteiger partial charge is 0.442 e. The van der Waals surface area contributed by atoms with E-state index in [1.165, 1.54) is 17.9 Å². The Morgan fingerprint density at radius 3 is 2.75 bits per heavy atom. The molecule has 2 amide bonds. The van der Waals surface area contributed by atoms with Crippen LogP contribution in [0.4, 0.5) is 20.6 Å². The molecule has 1 N–H and O–H groups in total. The summed E-state index contributed by atoms with van der Waals surface area (Å²) < 4.78 is 19.7. The third kappa shape index (κ3) is 3.02. The molecule has 0 aliphatic carbocycles. The van der Waals surface area contributed by atoms with Gasteiger partial charge in [-0.1, -0.05) is 0 Å². The zero-order chi connectivity index (χ0) is 17.5. The standard InChI is InChI=1S/C17H22FN3O3/c1-11(22)19-9-13-10-20(16(23)24-13)12-4-5-15(14(18)8-12)21-7-6-17(21,2)3/h4-5,8,13H,6-7,9-10H2,1-3H3,(H,19,22). The Balaban J connectivity index is 1.72. The Morgan fingerprint density at radius 2 is 2.21 bits per heavy atom. The molecule has 130 valence electrons. The summed E-state index contributed by atoms with van der Waals surface area (Å²) in [6.07, 6.45) is 0.0672. The summed E-state index contributed by atoms with van der Waals surface area (Å²) in [6, 6.07) is 4.81. The Bertz CT molecular complexity index is 677. The summed E-state index contributed by atoms with van der Waals surface area (Å²) in [7, 11) is 0. The van der Waals surface area contributed by atoms with Gasteiger partial charge in [0.05, 0.1) is 24.5 Å². The molecule has 1 aromatic carbocycles. The van der Waals surface area contributed by atoms with Crippen molar-refractivity contribution >= 4 is 23.4 Å². The highest BCUT2D eigenvalue weighted by Crippen LogP contribution is 2.38. The number of cyclic esters (lactones) is 1. The maximum Gasteiger partial charge on any atom is 0.414 e. The summed E-state index contributed by atoms with van der Waals surface area (Å²) in [6.45, 7) is 6.92. The zero-order valence-corrected chi connectivity index (χ0v) is 14.1. The third-order valence-electron chi connectivity index (χ3n) is 4.66. The van der Waals surface area contributed by atoms with E-state index in [1.54, 1.807) is 12.1 Å². The number of ether oxygens (including phenoxy) is 1. The van der Waals surface area contributed by atoms with Gasteiger partial charge in [0.1, 0.15) is 11.9 Å². The number of carbonyl (C=O) groups excluding carboxylic acids is 2. The lowest BCUT2D eigenvalue weighted by Crippen LogP contribution is -2.56. The van der Waals surface area contributed by atoms with Crippen LogP contribution in [-0.2, 0) is 9.53 Å². The van der Waals surface area contributed by atoms with Gasteiger partial charge in [-0.3, -0.25) is 9.69 Å². The molecular weight excluding hydrogens is 313 g/mol. The van der Waals surface area contributed by atoms with Crippen LogP contribution in [0.15, 0.2) is 18.2 Å². The maximum atomic E-state index is 14.5. The number of halogens is 1. The SMILES string of the molecule is CC(=O)NCC1CN(c2ccc(N3CCC3(C)C)c(F)c2)C(=O)O1. The van der Waals surface area contributed by atoms with Crippen molar-refractivity contribution in [1.82, 2.24) is 5.32 Å². The summed E-state index contributed by atoms with van der Waals surface area (Å²) in [5, 5.41) is 2.62. The lowest BCUT2D eigenvalue weighted by Gasteiger charge is -2.50. The lowest BCUT2D eigenvalue weighted by molar-refractivity contribution is -0.119. The Morgan fingerprint density at radius 1 is 1.46 bits per heavy atom. The van der Waals surface area contributed by atoms with Gasteiger partial charge in [-0.05, 0) is 38.5 Å². The number of carbonyl (C=O) groups is 2. The van der Waals surface area contributed by atoms with Crippen molar-refractivity contribution in [3.05, 3.63) is 24.0 Å². The molecule has 1 unspecified atom stereocenters. The molecule has 0 saturated carbocycles. The lowest BCUT2D eigenvalue weighted by atomic mass is 9.88. The molecule has 2 saturated heterocycles. The normalized spacial score (nSPS) is 22.2. The predicted molar refractivity (Wildman–Crippen MR) is 88.7 cm³/mol. The fourth-order valence-electron chi connectivity index (χ4n) is 3.10. The van der Waals surface area contributed by atoms with Gasteiger partial charge in [-0.25, -0.2) is 9.18 Å². The fourth-order valence-corrected chi connectivity index (χ4v) is 3.10. The number of nitrogens with zero attached hydrogens (tertiary/aromatic N) is 2. The molecule has 0 aromatic heterocycles. The average molecular weight is 335 g/mol. The molecular formula is C17H22FN3O3. The summed E-state index contributed by atoms with van der Waals surface area (Å²) in [5.41, 5.74) is 0.973. The van der Waals surface area contributed by atoms with Crippen LogP contribution < -0.4 is 15.1 Å². The fraction of sp³-hybridized carbons (Fsp3) is 0.529. The smallest absolute Gasteiger partial charge is 0.414 e. The van der Waals surface area contributed by atoms with E-state index in [0.29, 0.717) is 11.4 Å². The van der Waals surface area contributed by atoms with Gasteiger partial charge in [-0.15, -0.1) is 0 Å². The number of nitrogens with one attached hydrogen (secondary N) is 1. The minimum absolute atomic E-state index is 0.0433. The highest BCUT2D eigenvalue weighted by molar-refractivity contribution is 5.90. The quantitative estimate of drug-likeness (QED) is 0.917. The van der Waals surface area contributed by atoms with Crippen molar-refractivity contribution in [3.8, 4) is 0 Å². The molecule has 0 spiro atoms. The third-order valence-corrected chi connectivity index (χ3v) is 4.66. The van der Waals surface area contributed by atoms with Gasteiger partial charge in [0.25, 0.3) is 0 Å². The van der Waals surface area contributed by atoms with Crippen LogP contribution in [-0.4, -0.2) is 43.3 Å². The van der Waals surface area contributed by atoms with Crippen LogP contribution in [0.5, 0.6) is 0 Å². The monoisotopic (exact) mass is 335 g/mol. The second-order valence-electron chi connectivity index (χ2n) is 6.90. The van der Waals surface area contributed by atoms with Crippen molar-refractivity contribution in [1.29, 1.82) is 0 Å². The number of hydrogen-bond donors (Lipinski definition) is 1. The van der Waals surface area contributed by atoms with E-state index in [2.05, 4.69) is 19.2 Å². The van der Waals surface area contributed by atoms with Gasteiger partial charge in [0.15, 0.2) is 0 Å². The van der Waals surface area contributed by atoms with Crippen LogP contribution in [0.2, 0.25) is 0 Å². The maximum absolute atomic E-state index is 14.5. The van der Waals surface area contributed by atoms with E-state index < -0.39 is 12.2 Å². The molecule has 6 nitrogen and oxygen atoms in total. The minimum atomic E-state index is -0.526. The van der Waals surface area contributed by atoms with Crippen LogP contribution >= 0.6 is 0 Å². The van der Waals surface area contributed by atoms with Crippen molar-refractivity contribution in [2.75, 3.05) is 29.4 Å². The molecule has 0 bridgehead atoms.